The largest absolute Gasteiger partial charge is 0.508 e. The second-order valence-corrected chi connectivity index (χ2v) is 4.90. The van der Waals surface area contributed by atoms with Crippen molar-refractivity contribution in [1.29, 1.82) is 0 Å². The van der Waals surface area contributed by atoms with E-state index in [1.54, 1.807) is 31.4 Å². The van der Waals surface area contributed by atoms with Gasteiger partial charge in [0, 0.05) is 25.3 Å². The summed E-state index contributed by atoms with van der Waals surface area (Å²) in [5, 5.41) is 9.26. The molecule has 0 aromatic heterocycles. The highest BCUT2D eigenvalue weighted by Crippen LogP contribution is 2.13. The molecule has 4 heteroatoms. The minimum atomic E-state index is 0.0769. The summed E-state index contributed by atoms with van der Waals surface area (Å²) in [6.45, 7) is 6.05. The van der Waals surface area contributed by atoms with Gasteiger partial charge >= 0.3 is 0 Å². The predicted octanol–water partition coefficient (Wildman–Crippen LogP) is 2.71. The molecule has 4 nitrogen and oxygen atoms in total. The standard InChI is InChI=1S/C16H25NO3/c1-4-14(5-2)17(10-11-20-3)12-16(19)13-6-8-15(18)9-7-13/h6-9,14,18H,4-5,10-12H2,1-3H3. The van der Waals surface area contributed by atoms with Crippen LogP contribution in [0.25, 0.3) is 0 Å². The molecule has 1 rings (SSSR count). The molecule has 0 aliphatic rings. The summed E-state index contributed by atoms with van der Waals surface area (Å²) < 4.78 is 5.13. The van der Waals surface area contributed by atoms with Gasteiger partial charge in [0.15, 0.2) is 5.78 Å². The zero-order valence-electron chi connectivity index (χ0n) is 12.6. The summed E-state index contributed by atoms with van der Waals surface area (Å²) in [7, 11) is 1.67. The van der Waals surface area contributed by atoms with Crippen LogP contribution in [0.4, 0.5) is 0 Å². The normalized spacial score (nSPS) is 11.2. The number of phenols is 1. The number of hydrogen-bond acceptors (Lipinski definition) is 4. The highest BCUT2D eigenvalue weighted by molar-refractivity contribution is 5.97. The number of methoxy groups -OCH3 is 1. The summed E-state index contributed by atoms with van der Waals surface area (Å²) in [4.78, 5) is 14.5. The van der Waals surface area contributed by atoms with E-state index in [1.807, 2.05) is 0 Å². The molecule has 0 heterocycles. The van der Waals surface area contributed by atoms with Crippen LogP contribution in [-0.4, -0.2) is 48.6 Å². The van der Waals surface area contributed by atoms with Crippen molar-refractivity contribution in [3.05, 3.63) is 29.8 Å². The molecule has 0 saturated carbocycles. The van der Waals surface area contributed by atoms with E-state index in [2.05, 4.69) is 18.7 Å². The molecule has 0 atom stereocenters. The number of carbonyl (C=O) groups is 1. The maximum Gasteiger partial charge on any atom is 0.176 e. The molecule has 1 N–H and O–H groups in total. The van der Waals surface area contributed by atoms with Crippen LogP contribution in [0.5, 0.6) is 5.75 Å². The number of phenolic OH excluding ortho intramolecular Hbond substituents is 1. The topological polar surface area (TPSA) is 49.8 Å². The summed E-state index contributed by atoms with van der Waals surface area (Å²) >= 11 is 0. The van der Waals surface area contributed by atoms with Crippen molar-refractivity contribution in [2.75, 3.05) is 26.8 Å². The van der Waals surface area contributed by atoms with Gasteiger partial charge in [-0.15, -0.1) is 0 Å². The number of nitrogens with zero attached hydrogens (tertiary/aromatic N) is 1. The van der Waals surface area contributed by atoms with E-state index in [4.69, 9.17) is 4.74 Å². The lowest BCUT2D eigenvalue weighted by atomic mass is 10.1. The quantitative estimate of drug-likeness (QED) is 0.706. The first kappa shape index (κ1) is 16.7. The number of aromatic hydroxyl groups is 1. The SMILES string of the molecule is CCC(CC)N(CCOC)CC(=O)c1ccc(O)cc1. The van der Waals surface area contributed by atoms with Crippen LogP contribution in [0.15, 0.2) is 24.3 Å². The number of rotatable bonds is 9. The molecule has 0 saturated heterocycles. The monoisotopic (exact) mass is 279 g/mol. The van der Waals surface area contributed by atoms with E-state index in [0.29, 0.717) is 24.8 Å². The maximum absolute atomic E-state index is 12.3. The third kappa shape index (κ3) is 4.94. The average Bonchev–Trinajstić information content (AvgIpc) is 2.46. The zero-order chi connectivity index (χ0) is 15.0. The van der Waals surface area contributed by atoms with Crippen molar-refractivity contribution in [1.82, 2.24) is 4.90 Å². The molecule has 0 unspecified atom stereocenters. The van der Waals surface area contributed by atoms with E-state index in [9.17, 15) is 9.90 Å². The van der Waals surface area contributed by atoms with E-state index >= 15 is 0 Å². The van der Waals surface area contributed by atoms with Crippen molar-refractivity contribution < 1.29 is 14.6 Å². The minimum Gasteiger partial charge on any atom is -0.508 e. The minimum absolute atomic E-state index is 0.0769. The first-order chi connectivity index (χ1) is 9.62. The molecule has 0 fully saturated rings. The average molecular weight is 279 g/mol. The molecule has 20 heavy (non-hydrogen) atoms. The molecule has 0 radical (unpaired) electrons. The van der Waals surface area contributed by atoms with Crippen LogP contribution in [0.3, 0.4) is 0 Å². The Bertz CT molecular complexity index is 399. The van der Waals surface area contributed by atoms with Crippen molar-refractivity contribution >= 4 is 5.78 Å². The van der Waals surface area contributed by atoms with Crippen molar-refractivity contribution in [3.63, 3.8) is 0 Å². The van der Waals surface area contributed by atoms with Gasteiger partial charge in [-0.2, -0.15) is 0 Å². The first-order valence-electron chi connectivity index (χ1n) is 7.17. The number of benzene rings is 1. The van der Waals surface area contributed by atoms with Crippen LogP contribution in [0.2, 0.25) is 0 Å². The van der Waals surface area contributed by atoms with Crippen molar-refractivity contribution in [2.45, 2.75) is 32.7 Å². The highest BCUT2D eigenvalue weighted by atomic mass is 16.5. The van der Waals surface area contributed by atoms with Gasteiger partial charge in [-0.25, -0.2) is 0 Å². The smallest absolute Gasteiger partial charge is 0.176 e. The van der Waals surface area contributed by atoms with E-state index in [-0.39, 0.29) is 11.5 Å². The number of carbonyl (C=O) groups excluding carboxylic acids is 1. The van der Waals surface area contributed by atoms with Gasteiger partial charge in [0.25, 0.3) is 0 Å². The van der Waals surface area contributed by atoms with Gasteiger partial charge in [0.05, 0.1) is 13.2 Å². The summed E-state index contributed by atoms with van der Waals surface area (Å²) in [5.74, 6) is 0.255. The fourth-order valence-electron chi connectivity index (χ4n) is 2.33. The molecular formula is C16H25NO3. The van der Waals surface area contributed by atoms with Gasteiger partial charge in [-0.1, -0.05) is 13.8 Å². The van der Waals surface area contributed by atoms with E-state index in [0.717, 1.165) is 19.4 Å². The second kappa shape index (κ2) is 8.72. The Morgan fingerprint density at radius 3 is 2.35 bits per heavy atom. The Morgan fingerprint density at radius 1 is 1.25 bits per heavy atom. The Kier molecular flexibility index (Phi) is 7.26. The van der Waals surface area contributed by atoms with Crippen molar-refractivity contribution in [3.8, 4) is 5.75 Å². The van der Waals surface area contributed by atoms with Gasteiger partial charge < -0.3 is 9.84 Å². The number of hydrogen-bond donors (Lipinski definition) is 1. The fraction of sp³-hybridized carbons (Fsp3) is 0.562. The van der Waals surface area contributed by atoms with E-state index < -0.39 is 0 Å². The van der Waals surface area contributed by atoms with Crippen LogP contribution in [0, 0.1) is 0 Å². The number of Topliss-reactive ketones (excluding diaryl/α,β-unsaturated/α-hetero) is 1. The van der Waals surface area contributed by atoms with Gasteiger partial charge in [0.1, 0.15) is 5.75 Å². The lowest BCUT2D eigenvalue weighted by Crippen LogP contribution is -2.40. The molecular weight excluding hydrogens is 254 g/mol. The Balaban J connectivity index is 2.72. The molecule has 1 aromatic carbocycles. The predicted molar refractivity (Wildman–Crippen MR) is 80.3 cm³/mol. The molecule has 1 aromatic rings. The molecule has 0 aliphatic heterocycles. The Hall–Kier alpha value is -1.39. The van der Waals surface area contributed by atoms with E-state index in [1.165, 1.54) is 0 Å². The zero-order valence-corrected chi connectivity index (χ0v) is 12.6. The van der Waals surface area contributed by atoms with Crippen LogP contribution in [0.1, 0.15) is 37.0 Å². The number of ether oxygens (including phenoxy) is 1. The maximum atomic E-state index is 12.3. The summed E-state index contributed by atoms with van der Waals surface area (Å²) in [6.07, 6.45) is 2.03. The Labute approximate surface area is 121 Å². The summed E-state index contributed by atoms with van der Waals surface area (Å²) in [5.41, 5.74) is 0.635. The second-order valence-electron chi connectivity index (χ2n) is 4.90. The Morgan fingerprint density at radius 2 is 1.85 bits per heavy atom. The first-order valence-corrected chi connectivity index (χ1v) is 7.17. The van der Waals surface area contributed by atoms with Crippen LogP contribution < -0.4 is 0 Å². The highest BCUT2D eigenvalue weighted by Gasteiger charge is 2.18. The molecule has 112 valence electrons. The number of ketones is 1. The van der Waals surface area contributed by atoms with Crippen LogP contribution >= 0.6 is 0 Å². The van der Waals surface area contributed by atoms with Gasteiger partial charge in [-0.05, 0) is 37.1 Å². The summed E-state index contributed by atoms with van der Waals surface area (Å²) in [6, 6.07) is 6.82. The lowest BCUT2D eigenvalue weighted by molar-refractivity contribution is 0.0811. The van der Waals surface area contributed by atoms with Gasteiger partial charge in [0.2, 0.25) is 0 Å². The third-order valence-corrected chi connectivity index (χ3v) is 3.58. The van der Waals surface area contributed by atoms with Crippen molar-refractivity contribution in [2.24, 2.45) is 0 Å². The van der Waals surface area contributed by atoms with Crippen LogP contribution in [-0.2, 0) is 4.74 Å². The molecule has 0 bridgehead atoms. The third-order valence-electron chi connectivity index (χ3n) is 3.58. The lowest BCUT2D eigenvalue weighted by Gasteiger charge is -2.29. The molecule has 0 spiro atoms. The molecule has 0 amide bonds. The van der Waals surface area contributed by atoms with Gasteiger partial charge in [-0.3, -0.25) is 9.69 Å². The fourth-order valence-corrected chi connectivity index (χ4v) is 2.33. The molecule has 0 aliphatic carbocycles.